The molecule has 0 aliphatic heterocycles. The van der Waals surface area contributed by atoms with Crippen LogP contribution in [0, 0.1) is 27.7 Å². The maximum absolute atomic E-state index is 6.48. The Bertz CT molecular complexity index is 1990. The zero-order chi connectivity index (χ0) is 36.7. The van der Waals surface area contributed by atoms with Gasteiger partial charge >= 0.3 is 0 Å². The summed E-state index contributed by atoms with van der Waals surface area (Å²) < 4.78 is 11.3. The van der Waals surface area contributed by atoms with Gasteiger partial charge in [0.15, 0.2) is 0 Å². The Balaban J connectivity index is 1.42. The van der Waals surface area contributed by atoms with Gasteiger partial charge in [-0.15, -0.1) is 0 Å². The second kappa shape index (κ2) is 14.4. The molecule has 0 amide bonds. The van der Waals surface area contributed by atoms with E-state index in [4.69, 9.17) is 14.7 Å². The molecule has 0 fully saturated rings. The minimum atomic E-state index is 0.374. The van der Waals surface area contributed by atoms with Gasteiger partial charge in [0, 0.05) is 23.5 Å². The van der Waals surface area contributed by atoms with Crippen LogP contribution in [0.3, 0.4) is 0 Å². The molecule has 0 saturated heterocycles. The monoisotopic (exact) mass is 678 g/mol. The van der Waals surface area contributed by atoms with Crippen LogP contribution >= 0.6 is 0 Å². The molecule has 0 unspecified atom stereocenters. The summed E-state index contributed by atoms with van der Waals surface area (Å²) in [5.41, 5.74) is 16.6. The molecule has 0 aliphatic rings. The van der Waals surface area contributed by atoms with E-state index in [1.54, 1.807) is 0 Å². The van der Waals surface area contributed by atoms with E-state index in [2.05, 4.69) is 153 Å². The van der Waals surface area contributed by atoms with Gasteiger partial charge in [0.05, 0.1) is 34.2 Å². The summed E-state index contributed by atoms with van der Waals surface area (Å²) in [6.45, 7) is 27.0. The second-order valence-electron chi connectivity index (χ2n) is 15.3. The predicted molar refractivity (Wildman–Crippen MR) is 213 cm³/mol. The number of pyridine rings is 2. The lowest BCUT2D eigenvalue weighted by atomic mass is 9.92. The van der Waals surface area contributed by atoms with Crippen molar-refractivity contribution in [3.8, 4) is 45.9 Å². The van der Waals surface area contributed by atoms with E-state index < -0.39 is 0 Å². The number of para-hydroxylation sites is 2. The highest BCUT2D eigenvalue weighted by Gasteiger charge is 2.24. The molecule has 0 aliphatic carbocycles. The summed E-state index contributed by atoms with van der Waals surface area (Å²) in [6.07, 6.45) is 0. The molecule has 0 spiro atoms. The van der Waals surface area contributed by atoms with Crippen LogP contribution in [0.15, 0.2) is 84.9 Å². The maximum atomic E-state index is 6.48. The molecule has 4 aromatic heterocycles. The molecule has 4 heterocycles. The van der Waals surface area contributed by atoms with Crippen molar-refractivity contribution in [3.05, 3.63) is 130 Å². The van der Waals surface area contributed by atoms with Crippen molar-refractivity contribution < 1.29 is 4.74 Å². The van der Waals surface area contributed by atoms with Crippen molar-refractivity contribution in [2.24, 2.45) is 0 Å². The van der Waals surface area contributed by atoms with Crippen molar-refractivity contribution in [1.29, 1.82) is 0 Å². The first kappa shape index (κ1) is 35.9. The van der Waals surface area contributed by atoms with Gasteiger partial charge < -0.3 is 13.9 Å². The second-order valence-corrected chi connectivity index (χ2v) is 15.3. The topological polar surface area (TPSA) is 44.9 Å². The molecule has 5 heteroatoms. The lowest BCUT2D eigenvalue weighted by Crippen LogP contribution is -2.10. The molecule has 5 nitrogen and oxygen atoms in total. The fraction of sp³-hybridized carbons (Fsp3) is 0.348. The van der Waals surface area contributed by atoms with Crippen molar-refractivity contribution in [2.75, 3.05) is 0 Å². The normalized spacial score (nSPS) is 11.8. The van der Waals surface area contributed by atoms with Crippen LogP contribution in [0.5, 0.6) is 11.8 Å². The molecular formula is C46H54N4O. The fourth-order valence-electron chi connectivity index (χ4n) is 7.29. The molecule has 0 N–H and O–H groups in total. The van der Waals surface area contributed by atoms with Gasteiger partial charge in [-0.1, -0.05) is 104 Å². The molecular weight excluding hydrogens is 625 g/mol. The number of benzene rings is 2. The van der Waals surface area contributed by atoms with Gasteiger partial charge in [-0.2, -0.15) is 0 Å². The highest BCUT2D eigenvalue weighted by Crippen LogP contribution is 2.39. The average Bonchev–Trinajstić information content (AvgIpc) is 3.57. The molecule has 6 rings (SSSR count). The van der Waals surface area contributed by atoms with Gasteiger partial charge in [0.1, 0.15) is 0 Å². The third-order valence-corrected chi connectivity index (χ3v) is 10.3. The molecule has 6 aromatic rings. The molecule has 51 heavy (non-hydrogen) atoms. The summed E-state index contributed by atoms with van der Waals surface area (Å²) in [4.78, 5) is 10.2. The van der Waals surface area contributed by atoms with E-state index in [9.17, 15) is 0 Å². The Hall–Kier alpha value is -4.90. The Kier molecular flexibility index (Phi) is 10.1. The van der Waals surface area contributed by atoms with Crippen LogP contribution in [-0.4, -0.2) is 19.1 Å². The smallest absolute Gasteiger partial charge is 0.221 e. The zero-order valence-electron chi connectivity index (χ0n) is 32.6. The van der Waals surface area contributed by atoms with Gasteiger partial charge in [-0.3, -0.25) is 0 Å². The lowest BCUT2D eigenvalue weighted by Gasteiger charge is -2.24. The number of nitrogens with zero attached hydrogens (tertiary/aromatic N) is 4. The summed E-state index contributed by atoms with van der Waals surface area (Å²) in [7, 11) is 0. The Morgan fingerprint density at radius 3 is 1.08 bits per heavy atom. The Morgan fingerprint density at radius 1 is 0.451 bits per heavy atom. The summed E-state index contributed by atoms with van der Waals surface area (Å²) in [5, 5.41) is 0. The van der Waals surface area contributed by atoms with Gasteiger partial charge in [-0.25, -0.2) is 9.97 Å². The van der Waals surface area contributed by atoms with E-state index >= 15 is 0 Å². The third kappa shape index (κ3) is 6.79. The quantitative estimate of drug-likeness (QED) is 0.145. The highest BCUT2D eigenvalue weighted by atomic mass is 16.5. The number of aromatic nitrogens is 4. The molecule has 0 bridgehead atoms. The molecule has 0 radical (unpaired) electrons. The Labute approximate surface area is 305 Å². The van der Waals surface area contributed by atoms with Crippen LogP contribution in [0.1, 0.15) is 124 Å². The van der Waals surface area contributed by atoms with Crippen LogP contribution in [-0.2, 0) is 0 Å². The molecule has 2 aromatic carbocycles. The van der Waals surface area contributed by atoms with Crippen molar-refractivity contribution in [2.45, 2.75) is 107 Å². The van der Waals surface area contributed by atoms with E-state index in [0.717, 1.165) is 22.8 Å². The summed E-state index contributed by atoms with van der Waals surface area (Å²) in [5.74, 6) is 2.52. The van der Waals surface area contributed by atoms with Crippen LogP contribution in [0.4, 0.5) is 0 Å². The third-order valence-electron chi connectivity index (χ3n) is 10.3. The van der Waals surface area contributed by atoms with Crippen molar-refractivity contribution in [3.63, 3.8) is 0 Å². The molecule has 264 valence electrons. The minimum absolute atomic E-state index is 0.374. The first-order valence-corrected chi connectivity index (χ1v) is 18.5. The van der Waals surface area contributed by atoms with Gasteiger partial charge in [0.2, 0.25) is 11.8 Å². The lowest BCUT2D eigenvalue weighted by molar-refractivity contribution is 0.446. The van der Waals surface area contributed by atoms with Crippen LogP contribution < -0.4 is 4.74 Å². The first-order valence-electron chi connectivity index (χ1n) is 18.5. The van der Waals surface area contributed by atoms with E-state index in [0.29, 0.717) is 35.4 Å². The standard InChI is InChI=1S/C46H54N4O/c1-27(2)35-17-13-18-36(28(3)4)45(35)49-33(11)31(9)25-41(49)39-21-15-23-43(47-39)51-44-24-16-22-40(48-44)42-26-32(10)34(12)50(42)46-37(29(5)6)19-14-20-38(46)30(7)8/h13-30H,1-12H3. The number of hydrogen-bond donors (Lipinski definition) is 0. The number of aryl methyl sites for hydroxylation is 2. The highest BCUT2D eigenvalue weighted by molar-refractivity contribution is 5.68. The average molecular weight is 679 g/mol. The number of ether oxygens (including phenoxy) is 1. The maximum Gasteiger partial charge on any atom is 0.221 e. The van der Waals surface area contributed by atoms with Crippen molar-refractivity contribution in [1.82, 2.24) is 19.1 Å². The largest absolute Gasteiger partial charge is 0.421 e. The fourth-order valence-corrected chi connectivity index (χ4v) is 7.29. The molecule has 0 saturated carbocycles. The number of rotatable bonds is 10. The van der Waals surface area contributed by atoms with E-state index in [1.165, 1.54) is 56.1 Å². The molecule has 0 atom stereocenters. The van der Waals surface area contributed by atoms with E-state index in [-0.39, 0.29) is 0 Å². The number of hydrogen-bond acceptors (Lipinski definition) is 3. The van der Waals surface area contributed by atoms with Crippen LogP contribution in [0.2, 0.25) is 0 Å². The zero-order valence-corrected chi connectivity index (χ0v) is 32.6. The summed E-state index contributed by atoms with van der Waals surface area (Å²) in [6, 6.07) is 30.0. The van der Waals surface area contributed by atoms with Crippen molar-refractivity contribution >= 4 is 0 Å². The van der Waals surface area contributed by atoms with Gasteiger partial charge in [0.25, 0.3) is 0 Å². The SMILES string of the molecule is Cc1cc(-c2cccc(Oc3cccc(-c4cc(C)c(C)n4-c4c(C(C)C)cccc4C(C)C)n3)n2)n(-c2c(C(C)C)cccc2C(C)C)c1C. The minimum Gasteiger partial charge on any atom is -0.421 e. The van der Waals surface area contributed by atoms with Gasteiger partial charge in [-0.05, 0) is 109 Å². The van der Waals surface area contributed by atoms with E-state index in [1.807, 2.05) is 24.3 Å². The summed E-state index contributed by atoms with van der Waals surface area (Å²) >= 11 is 0. The predicted octanol–water partition coefficient (Wildman–Crippen LogP) is 12.9. The first-order chi connectivity index (χ1) is 24.3. The van der Waals surface area contributed by atoms with Crippen LogP contribution in [0.25, 0.3) is 34.2 Å². The Morgan fingerprint density at radius 2 is 0.765 bits per heavy atom.